The molecule has 0 aromatic heterocycles. The monoisotopic (exact) mass is 331 g/mol. The molecule has 0 unspecified atom stereocenters. The molecule has 0 N–H and O–H groups in total. The predicted octanol–water partition coefficient (Wildman–Crippen LogP) is 2.65. The summed E-state index contributed by atoms with van der Waals surface area (Å²) >= 11 is 0. The number of ether oxygens (including phenoxy) is 3. The maximum Gasteiger partial charge on any atom is 0.302 e. The molecular weight excluding hydrogens is 306 g/mol. The Morgan fingerprint density at radius 2 is 2.21 bits per heavy atom. The van der Waals surface area contributed by atoms with Crippen LogP contribution in [0.3, 0.4) is 0 Å². The van der Waals surface area contributed by atoms with Crippen molar-refractivity contribution < 1.29 is 19.0 Å². The lowest BCUT2D eigenvalue weighted by atomic mass is 9.65. The van der Waals surface area contributed by atoms with Gasteiger partial charge in [-0.05, 0) is 44.5 Å². The second-order valence-corrected chi connectivity index (χ2v) is 7.39. The third-order valence-corrected chi connectivity index (χ3v) is 5.90. The number of carbonyl (C=O) groups is 1. The molecular formula is C19H25NO4. The van der Waals surface area contributed by atoms with Gasteiger partial charge in [-0.1, -0.05) is 6.07 Å². The first-order valence-corrected chi connectivity index (χ1v) is 8.76. The van der Waals surface area contributed by atoms with E-state index in [0.717, 1.165) is 50.3 Å². The van der Waals surface area contributed by atoms with Gasteiger partial charge in [-0.3, -0.25) is 4.79 Å². The molecule has 3 aliphatic rings. The van der Waals surface area contributed by atoms with Gasteiger partial charge in [-0.15, -0.1) is 0 Å². The molecule has 5 nitrogen and oxygen atoms in total. The molecule has 1 aromatic carbocycles. The Hall–Kier alpha value is -1.75. The second kappa shape index (κ2) is 5.66. The van der Waals surface area contributed by atoms with E-state index in [-0.39, 0.29) is 23.6 Å². The van der Waals surface area contributed by atoms with Gasteiger partial charge in [0.15, 0.2) is 11.5 Å². The third kappa shape index (κ3) is 2.29. The fourth-order valence-electron chi connectivity index (χ4n) is 4.82. The summed E-state index contributed by atoms with van der Waals surface area (Å²) in [5.41, 5.74) is 2.72. The van der Waals surface area contributed by atoms with Gasteiger partial charge in [-0.25, -0.2) is 0 Å². The van der Waals surface area contributed by atoms with Crippen LogP contribution in [-0.2, 0) is 21.5 Å². The van der Waals surface area contributed by atoms with Crippen LogP contribution in [0.25, 0.3) is 0 Å². The van der Waals surface area contributed by atoms with Crippen molar-refractivity contribution in [2.24, 2.45) is 0 Å². The lowest BCUT2D eigenvalue weighted by Gasteiger charge is -2.41. The highest BCUT2D eigenvalue weighted by Crippen LogP contribution is 2.57. The number of hydrogen-bond acceptors (Lipinski definition) is 5. The fraction of sp³-hybridized carbons (Fsp3) is 0.632. The number of methoxy groups -OCH3 is 1. The van der Waals surface area contributed by atoms with Crippen LogP contribution in [0.5, 0.6) is 11.5 Å². The molecule has 130 valence electrons. The molecule has 1 aliphatic carbocycles. The average Bonchev–Trinajstić information content (AvgIpc) is 2.80. The molecule has 1 spiro atoms. The summed E-state index contributed by atoms with van der Waals surface area (Å²) in [6.45, 7) is 3.47. The van der Waals surface area contributed by atoms with Gasteiger partial charge in [0, 0.05) is 30.9 Å². The quantitative estimate of drug-likeness (QED) is 0.780. The van der Waals surface area contributed by atoms with E-state index >= 15 is 0 Å². The number of nitrogens with zero attached hydrogens (tertiary/aromatic N) is 1. The Balaban J connectivity index is 1.76. The van der Waals surface area contributed by atoms with Crippen molar-refractivity contribution in [2.45, 2.75) is 56.8 Å². The molecule has 2 heterocycles. The molecule has 3 atom stereocenters. The maximum absolute atomic E-state index is 11.3. The average molecular weight is 331 g/mol. The topological polar surface area (TPSA) is 48.0 Å². The first-order valence-electron chi connectivity index (χ1n) is 8.76. The van der Waals surface area contributed by atoms with Crippen molar-refractivity contribution in [3.05, 3.63) is 23.3 Å². The van der Waals surface area contributed by atoms with E-state index in [1.54, 1.807) is 7.11 Å². The number of rotatable bonds is 2. The van der Waals surface area contributed by atoms with Crippen molar-refractivity contribution in [1.82, 2.24) is 4.90 Å². The molecule has 0 radical (unpaired) electrons. The van der Waals surface area contributed by atoms with E-state index in [4.69, 9.17) is 14.2 Å². The highest BCUT2D eigenvalue weighted by molar-refractivity contribution is 5.66. The summed E-state index contributed by atoms with van der Waals surface area (Å²) in [4.78, 5) is 13.7. The van der Waals surface area contributed by atoms with E-state index in [1.165, 1.54) is 18.1 Å². The van der Waals surface area contributed by atoms with Crippen molar-refractivity contribution in [3.8, 4) is 11.5 Å². The molecule has 0 saturated heterocycles. The standard InChI is InChI=1S/C19H25NO4/c1-12(21)23-14-6-7-19-8-9-20(2)11-13-4-5-15(22-3)18(17(13)19)24-16(19)10-14/h4-5,14,16H,6-11H2,1-3H3/t14-,16-,19+/m0/s1. The van der Waals surface area contributed by atoms with Gasteiger partial charge < -0.3 is 19.1 Å². The molecule has 0 bridgehead atoms. The van der Waals surface area contributed by atoms with E-state index in [1.807, 2.05) is 6.07 Å². The predicted molar refractivity (Wildman–Crippen MR) is 89.4 cm³/mol. The minimum atomic E-state index is -0.203. The number of esters is 1. The summed E-state index contributed by atoms with van der Waals surface area (Å²) in [6, 6.07) is 4.20. The van der Waals surface area contributed by atoms with E-state index in [0.29, 0.717) is 0 Å². The lowest BCUT2D eigenvalue weighted by Crippen LogP contribution is -2.46. The van der Waals surface area contributed by atoms with Crippen LogP contribution in [0.15, 0.2) is 12.1 Å². The fourth-order valence-corrected chi connectivity index (χ4v) is 4.82. The normalized spacial score (nSPS) is 31.5. The first kappa shape index (κ1) is 15.8. The third-order valence-electron chi connectivity index (χ3n) is 5.90. The zero-order valence-electron chi connectivity index (χ0n) is 14.6. The van der Waals surface area contributed by atoms with Crippen molar-refractivity contribution in [3.63, 3.8) is 0 Å². The molecule has 5 heteroatoms. The summed E-state index contributed by atoms with van der Waals surface area (Å²) in [5, 5.41) is 0. The molecule has 0 amide bonds. The van der Waals surface area contributed by atoms with Crippen molar-refractivity contribution in [1.29, 1.82) is 0 Å². The van der Waals surface area contributed by atoms with Crippen LogP contribution >= 0.6 is 0 Å². The van der Waals surface area contributed by atoms with E-state index in [9.17, 15) is 4.79 Å². The smallest absolute Gasteiger partial charge is 0.302 e. The van der Waals surface area contributed by atoms with Gasteiger partial charge >= 0.3 is 5.97 Å². The zero-order chi connectivity index (χ0) is 16.9. The number of hydrogen-bond donors (Lipinski definition) is 0. The summed E-state index contributed by atoms with van der Waals surface area (Å²) < 4.78 is 17.5. The Kier molecular flexibility index (Phi) is 3.71. The van der Waals surface area contributed by atoms with Gasteiger partial charge in [0.2, 0.25) is 0 Å². The molecule has 2 aliphatic heterocycles. The summed E-state index contributed by atoms with van der Waals surface area (Å²) in [6.07, 6.45) is 3.76. The van der Waals surface area contributed by atoms with Crippen LogP contribution in [-0.4, -0.2) is 43.8 Å². The Morgan fingerprint density at radius 1 is 1.38 bits per heavy atom. The minimum absolute atomic E-state index is 0.0284. The van der Waals surface area contributed by atoms with Gasteiger partial charge in [0.25, 0.3) is 0 Å². The molecule has 1 aromatic rings. The van der Waals surface area contributed by atoms with Gasteiger partial charge in [0.1, 0.15) is 12.2 Å². The van der Waals surface area contributed by atoms with Crippen LogP contribution in [0, 0.1) is 0 Å². The maximum atomic E-state index is 11.3. The highest BCUT2D eigenvalue weighted by atomic mass is 16.6. The Morgan fingerprint density at radius 3 is 2.96 bits per heavy atom. The van der Waals surface area contributed by atoms with Crippen molar-refractivity contribution in [2.75, 3.05) is 20.7 Å². The molecule has 24 heavy (non-hydrogen) atoms. The van der Waals surface area contributed by atoms with E-state index in [2.05, 4.69) is 18.0 Å². The zero-order valence-corrected chi connectivity index (χ0v) is 14.6. The molecule has 1 fully saturated rings. The van der Waals surface area contributed by atoms with Crippen LogP contribution in [0.4, 0.5) is 0 Å². The van der Waals surface area contributed by atoms with Crippen LogP contribution in [0.1, 0.15) is 43.7 Å². The van der Waals surface area contributed by atoms with Gasteiger partial charge in [0.05, 0.1) is 7.11 Å². The molecule has 1 saturated carbocycles. The van der Waals surface area contributed by atoms with E-state index < -0.39 is 0 Å². The largest absolute Gasteiger partial charge is 0.493 e. The SMILES string of the molecule is COc1ccc2c3c1O[C@H]1C[C@@H](OC(C)=O)CC[C@]31CCN(C)C2. The lowest BCUT2D eigenvalue weighted by molar-refractivity contribution is -0.150. The van der Waals surface area contributed by atoms with Crippen LogP contribution in [0.2, 0.25) is 0 Å². The van der Waals surface area contributed by atoms with Gasteiger partial charge in [-0.2, -0.15) is 0 Å². The molecule has 4 rings (SSSR count). The summed E-state index contributed by atoms with van der Waals surface area (Å²) in [7, 11) is 3.87. The number of benzene rings is 1. The summed E-state index contributed by atoms with van der Waals surface area (Å²) in [5.74, 6) is 1.53. The second-order valence-electron chi connectivity index (χ2n) is 7.39. The Bertz CT molecular complexity index is 674. The van der Waals surface area contributed by atoms with Crippen molar-refractivity contribution >= 4 is 5.97 Å². The number of carbonyl (C=O) groups excluding carboxylic acids is 1. The van der Waals surface area contributed by atoms with Crippen LogP contribution < -0.4 is 9.47 Å². The minimum Gasteiger partial charge on any atom is -0.493 e. The first-order chi connectivity index (χ1) is 11.5. The Labute approximate surface area is 142 Å². The highest BCUT2D eigenvalue weighted by Gasteiger charge is 2.55.